The summed E-state index contributed by atoms with van der Waals surface area (Å²) in [7, 11) is 0. The fourth-order valence-corrected chi connectivity index (χ4v) is 4.18. The number of hydrogen-bond acceptors (Lipinski definition) is 4. The summed E-state index contributed by atoms with van der Waals surface area (Å²) in [6.07, 6.45) is 5.67. The van der Waals surface area contributed by atoms with Crippen LogP contribution in [0.1, 0.15) is 32.1 Å². The van der Waals surface area contributed by atoms with Crippen LogP contribution in [0.2, 0.25) is 0 Å². The van der Waals surface area contributed by atoms with E-state index in [1.54, 1.807) is 12.1 Å². The fourth-order valence-electron chi connectivity index (χ4n) is 4.18. The van der Waals surface area contributed by atoms with Gasteiger partial charge in [-0.15, -0.1) is 0 Å². The standard InChI is InChI=1S/C20H28FN3O2/c21-15-5-7-17(8-6-15)26-18-13-19(22-14-18)20(25)24-10-2-9-23(11-12-24)16-3-1-4-16/h5-8,16,18-19,22H,1-4,9-14H2/t18-,19-/m0/s1. The zero-order valence-corrected chi connectivity index (χ0v) is 15.2. The molecule has 6 heteroatoms. The normalized spacial score (nSPS) is 27.8. The lowest BCUT2D eigenvalue weighted by atomic mass is 9.91. The predicted molar refractivity (Wildman–Crippen MR) is 97.6 cm³/mol. The molecule has 1 aromatic carbocycles. The second-order valence-electron chi connectivity index (χ2n) is 7.69. The third-order valence-electron chi connectivity index (χ3n) is 5.94. The Morgan fingerprint density at radius 3 is 2.62 bits per heavy atom. The molecule has 1 aliphatic carbocycles. The highest BCUT2D eigenvalue weighted by Crippen LogP contribution is 2.26. The number of benzene rings is 1. The average molecular weight is 361 g/mol. The molecular formula is C20H28FN3O2. The monoisotopic (exact) mass is 361 g/mol. The predicted octanol–water partition coefficient (Wildman–Crippen LogP) is 2.02. The fraction of sp³-hybridized carbons (Fsp3) is 0.650. The van der Waals surface area contributed by atoms with Gasteiger partial charge in [-0.3, -0.25) is 9.69 Å². The van der Waals surface area contributed by atoms with Gasteiger partial charge >= 0.3 is 0 Å². The lowest BCUT2D eigenvalue weighted by Gasteiger charge is -2.36. The highest BCUT2D eigenvalue weighted by Gasteiger charge is 2.35. The number of nitrogens with zero attached hydrogens (tertiary/aromatic N) is 2. The minimum Gasteiger partial charge on any atom is -0.489 e. The first kappa shape index (κ1) is 17.7. The van der Waals surface area contributed by atoms with Gasteiger partial charge in [0, 0.05) is 45.2 Å². The third kappa shape index (κ3) is 4.01. The molecule has 1 saturated carbocycles. The van der Waals surface area contributed by atoms with E-state index in [2.05, 4.69) is 10.2 Å². The van der Waals surface area contributed by atoms with Crippen LogP contribution in [0.25, 0.3) is 0 Å². The van der Waals surface area contributed by atoms with Gasteiger partial charge in [0.2, 0.25) is 5.91 Å². The van der Waals surface area contributed by atoms with E-state index in [9.17, 15) is 9.18 Å². The molecule has 142 valence electrons. The molecule has 3 aliphatic rings. The first-order valence-corrected chi connectivity index (χ1v) is 9.87. The molecule has 4 rings (SSSR count). The second-order valence-corrected chi connectivity index (χ2v) is 7.69. The smallest absolute Gasteiger partial charge is 0.239 e. The molecule has 2 saturated heterocycles. The van der Waals surface area contributed by atoms with E-state index in [-0.39, 0.29) is 23.9 Å². The maximum atomic E-state index is 13.0. The highest BCUT2D eigenvalue weighted by atomic mass is 19.1. The molecule has 0 bridgehead atoms. The van der Waals surface area contributed by atoms with Gasteiger partial charge in [-0.05, 0) is 43.5 Å². The Morgan fingerprint density at radius 2 is 1.88 bits per heavy atom. The minimum atomic E-state index is -0.271. The Hall–Kier alpha value is -1.66. The van der Waals surface area contributed by atoms with Crippen LogP contribution in [0.3, 0.4) is 0 Å². The van der Waals surface area contributed by atoms with Crippen LogP contribution < -0.4 is 10.1 Å². The first-order chi connectivity index (χ1) is 12.7. The van der Waals surface area contributed by atoms with Crippen LogP contribution in [-0.4, -0.2) is 66.6 Å². The number of carbonyl (C=O) groups is 1. The van der Waals surface area contributed by atoms with E-state index in [0.29, 0.717) is 18.7 Å². The van der Waals surface area contributed by atoms with E-state index in [1.807, 2.05) is 4.90 Å². The summed E-state index contributed by atoms with van der Waals surface area (Å²) in [6.45, 7) is 4.44. The largest absolute Gasteiger partial charge is 0.489 e. The second kappa shape index (κ2) is 7.92. The molecule has 0 radical (unpaired) electrons. The Kier molecular flexibility index (Phi) is 5.41. The van der Waals surface area contributed by atoms with Crippen molar-refractivity contribution in [1.82, 2.24) is 15.1 Å². The first-order valence-electron chi connectivity index (χ1n) is 9.87. The average Bonchev–Trinajstić information content (AvgIpc) is 2.93. The third-order valence-corrected chi connectivity index (χ3v) is 5.94. The zero-order valence-electron chi connectivity index (χ0n) is 15.2. The topological polar surface area (TPSA) is 44.8 Å². The van der Waals surface area contributed by atoms with Crippen molar-refractivity contribution in [3.8, 4) is 5.75 Å². The van der Waals surface area contributed by atoms with Crippen LogP contribution in [0.4, 0.5) is 4.39 Å². The van der Waals surface area contributed by atoms with Gasteiger partial charge in [0.25, 0.3) is 0 Å². The van der Waals surface area contributed by atoms with Crippen molar-refractivity contribution in [3.05, 3.63) is 30.1 Å². The summed E-state index contributed by atoms with van der Waals surface area (Å²) >= 11 is 0. The maximum absolute atomic E-state index is 13.0. The van der Waals surface area contributed by atoms with Gasteiger partial charge in [-0.1, -0.05) is 6.42 Å². The summed E-state index contributed by atoms with van der Waals surface area (Å²) in [5.74, 6) is 0.579. The SMILES string of the molecule is O=C([C@@H]1C[C@H](Oc2ccc(F)cc2)CN1)N1CCCN(C2CCC2)CC1. The van der Waals surface area contributed by atoms with E-state index in [0.717, 1.165) is 38.6 Å². The van der Waals surface area contributed by atoms with Crippen molar-refractivity contribution >= 4 is 5.91 Å². The molecule has 1 amide bonds. The van der Waals surface area contributed by atoms with Crippen molar-refractivity contribution < 1.29 is 13.9 Å². The van der Waals surface area contributed by atoms with Crippen molar-refractivity contribution in [3.63, 3.8) is 0 Å². The molecule has 0 unspecified atom stereocenters. The van der Waals surface area contributed by atoms with Gasteiger partial charge in [0.05, 0.1) is 6.04 Å². The van der Waals surface area contributed by atoms with Crippen molar-refractivity contribution in [2.24, 2.45) is 0 Å². The Balaban J connectivity index is 1.27. The molecule has 2 atom stereocenters. The molecule has 1 aromatic rings. The van der Waals surface area contributed by atoms with E-state index < -0.39 is 0 Å². The lowest BCUT2D eigenvalue weighted by Crippen LogP contribution is -2.46. The number of ether oxygens (including phenoxy) is 1. The van der Waals surface area contributed by atoms with Crippen LogP contribution in [-0.2, 0) is 4.79 Å². The number of carbonyl (C=O) groups excluding carboxylic acids is 1. The van der Waals surface area contributed by atoms with Crippen molar-refractivity contribution in [1.29, 1.82) is 0 Å². The molecule has 3 fully saturated rings. The van der Waals surface area contributed by atoms with Crippen LogP contribution in [0.5, 0.6) is 5.75 Å². The van der Waals surface area contributed by atoms with Crippen LogP contribution in [0, 0.1) is 5.82 Å². The minimum absolute atomic E-state index is 0.0483. The van der Waals surface area contributed by atoms with Crippen LogP contribution in [0.15, 0.2) is 24.3 Å². The Morgan fingerprint density at radius 1 is 1.08 bits per heavy atom. The van der Waals surface area contributed by atoms with Gasteiger partial charge < -0.3 is 15.0 Å². The zero-order chi connectivity index (χ0) is 17.9. The number of hydrogen-bond donors (Lipinski definition) is 1. The molecule has 2 aliphatic heterocycles. The summed E-state index contributed by atoms with van der Waals surface area (Å²) in [4.78, 5) is 17.5. The van der Waals surface area contributed by atoms with Crippen molar-refractivity contribution in [2.45, 2.75) is 50.3 Å². The summed E-state index contributed by atoms with van der Waals surface area (Å²) in [6, 6.07) is 6.64. The molecule has 0 aromatic heterocycles. The number of nitrogens with one attached hydrogen (secondary N) is 1. The van der Waals surface area contributed by atoms with E-state index >= 15 is 0 Å². The van der Waals surface area contributed by atoms with Gasteiger partial charge in [0.1, 0.15) is 17.7 Å². The number of halogens is 1. The van der Waals surface area contributed by atoms with E-state index in [4.69, 9.17) is 4.74 Å². The lowest BCUT2D eigenvalue weighted by molar-refractivity contribution is -0.133. The van der Waals surface area contributed by atoms with Crippen LogP contribution >= 0.6 is 0 Å². The van der Waals surface area contributed by atoms with Gasteiger partial charge in [-0.25, -0.2) is 4.39 Å². The number of amides is 1. The summed E-state index contributed by atoms with van der Waals surface area (Å²) < 4.78 is 18.9. The molecule has 5 nitrogen and oxygen atoms in total. The number of rotatable bonds is 4. The van der Waals surface area contributed by atoms with Gasteiger partial charge in [0.15, 0.2) is 0 Å². The molecule has 2 heterocycles. The molecular weight excluding hydrogens is 333 g/mol. The Bertz CT molecular complexity index is 620. The van der Waals surface area contributed by atoms with Crippen molar-refractivity contribution in [2.75, 3.05) is 32.7 Å². The van der Waals surface area contributed by atoms with Gasteiger partial charge in [-0.2, -0.15) is 0 Å². The summed E-state index contributed by atoms with van der Waals surface area (Å²) in [5.41, 5.74) is 0. The van der Waals surface area contributed by atoms with E-state index in [1.165, 1.54) is 31.4 Å². The quantitative estimate of drug-likeness (QED) is 0.891. The highest BCUT2D eigenvalue weighted by molar-refractivity contribution is 5.82. The molecule has 1 N–H and O–H groups in total. The Labute approximate surface area is 154 Å². The summed E-state index contributed by atoms with van der Waals surface area (Å²) in [5, 5.41) is 3.31. The molecule has 0 spiro atoms. The maximum Gasteiger partial charge on any atom is 0.239 e. The molecule has 26 heavy (non-hydrogen) atoms.